The molecule has 0 radical (unpaired) electrons. The predicted octanol–water partition coefficient (Wildman–Crippen LogP) is 2.91. The van der Waals surface area contributed by atoms with E-state index in [9.17, 15) is 9.90 Å². The molecule has 1 saturated carbocycles. The Bertz CT molecular complexity index is 947. The minimum Gasteiger partial charge on any atom is -0.497 e. The highest BCUT2D eigenvalue weighted by Gasteiger charge is 2.33. The van der Waals surface area contributed by atoms with Crippen molar-refractivity contribution in [3.05, 3.63) is 54.0 Å². The summed E-state index contributed by atoms with van der Waals surface area (Å²) in [7, 11) is 1.61. The summed E-state index contributed by atoms with van der Waals surface area (Å²) in [6, 6.07) is 9.38. The number of aromatic nitrogens is 4. The summed E-state index contributed by atoms with van der Waals surface area (Å²) in [6.45, 7) is 0. The van der Waals surface area contributed by atoms with Crippen LogP contribution in [0.15, 0.2) is 42.7 Å². The number of aromatic carboxylic acids is 1. The van der Waals surface area contributed by atoms with Crippen LogP contribution in [-0.2, 0) is 0 Å². The van der Waals surface area contributed by atoms with E-state index in [1.54, 1.807) is 24.1 Å². The van der Waals surface area contributed by atoms with Gasteiger partial charge in [0, 0.05) is 17.7 Å². The summed E-state index contributed by atoms with van der Waals surface area (Å²) >= 11 is 0. The maximum Gasteiger partial charge on any atom is 0.339 e. The van der Waals surface area contributed by atoms with Gasteiger partial charge in [-0.15, -0.1) is 0 Å². The smallest absolute Gasteiger partial charge is 0.339 e. The molecule has 1 aliphatic carbocycles. The van der Waals surface area contributed by atoms with Gasteiger partial charge in [-0.25, -0.2) is 19.4 Å². The van der Waals surface area contributed by atoms with Crippen molar-refractivity contribution in [3.63, 3.8) is 0 Å². The molecule has 0 aliphatic heterocycles. The summed E-state index contributed by atoms with van der Waals surface area (Å²) in [6.07, 6.45) is 4.94. The van der Waals surface area contributed by atoms with Crippen molar-refractivity contribution in [2.45, 2.75) is 18.8 Å². The van der Waals surface area contributed by atoms with Crippen LogP contribution >= 0.6 is 0 Å². The van der Waals surface area contributed by atoms with Crippen molar-refractivity contribution < 1.29 is 14.6 Å². The van der Waals surface area contributed by atoms with Gasteiger partial charge in [-0.1, -0.05) is 12.1 Å². The summed E-state index contributed by atoms with van der Waals surface area (Å²) in [5, 5.41) is 13.6. The number of hydrogen-bond donors (Lipinski definition) is 1. The number of carboxylic acid groups (broad SMARTS) is 1. The molecular weight excluding hydrogens is 320 g/mol. The Morgan fingerprint density at radius 2 is 2.16 bits per heavy atom. The third-order valence-corrected chi connectivity index (χ3v) is 4.20. The van der Waals surface area contributed by atoms with E-state index in [0.29, 0.717) is 11.6 Å². The van der Waals surface area contributed by atoms with Gasteiger partial charge in [-0.05, 0) is 31.0 Å². The lowest BCUT2D eigenvalue weighted by molar-refractivity contribution is 0.0695. The number of methoxy groups -OCH3 is 1. The molecule has 1 N–H and O–H groups in total. The van der Waals surface area contributed by atoms with Crippen LogP contribution in [0.2, 0.25) is 0 Å². The standard InChI is InChI=1S/C18H16N4O3/c1-25-13-4-2-3-12(9-13)15-7-8-19-18(21-15)22-16(11-5-6-11)14(10-20-22)17(23)24/h2-4,7-11H,5-6H2,1H3,(H,23,24). The average Bonchev–Trinajstić information content (AvgIpc) is 3.39. The Balaban J connectivity index is 1.79. The van der Waals surface area contributed by atoms with Crippen molar-refractivity contribution in [2.75, 3.05) is 7.11 Å². The molecule has 2 heterocycles. The van der Waals surface area contributed by atoms with Gasteiger partial charge < -0.3 is 9.84 Å². The molecule has 4 rings (SSSR count). The lowest BCUT2D eigenvalue weighted by Gasteiger charge is -2.08. The third-order valence-electron chi connectivity index (χ3n) is 4.20. The maximum atomic E-state index is 11.4. The molecule has 0 spiro atoms. The number of carbonyl (C=O) groups is 1. The zero-order valence-corrected chi connectivity index (χ0v) is 13.6. The quantitative estimate of drug-likeness (QED) is 0.770. The minimum absolute atomic E-state index is 0.206. The lowest BCUT2D eigenvalue weighted by atomic mass is 10.1. The van der Waals surface area contributed by atoms with Crippen LogP contribution in [0.3, 0.4) is 0 Å². The molecule has 0 unspecified atom stereocenters. The van der Waals surface area contributed by atoms with E-state index >= 15 is 0 Å². The van der Waals surface area contributed by atoms with E-state index in [2.05, 4.69) is 15.1 Å². The van der Waals surface area contributed by atoms with Gasteiger partial charge in [-0.2, -0.15) is 5.10 Å². The second kappa shape index (κ2) is 6.01. The minimum atomic E-state index is -0.975. The molecule has 0 saturated heterocycles. The Morgan fingerprint density at radius 3 is 2.88 bits per heavy atom. The van der Waals surface area contributed by atoms with E-state index in [4.69, 9.17) is 4.74 Å². The van der Waals surface area contributed by atoms with Gasteiger partial charge in [-0.3, -0.25) is 0 Å². The molecule has 7 heteroatoms. The predicted molar refractivity (Wildman–Crippen MR) is 90.1 cm³/mol. The average molecular weight is 336 g/mol. The van der Waals surface area contributed by atoms with Gasteiger partial charge in [0.05, 0.1) is 24.7 Å². The Hall–Kier alpha value is -3.22. The van der Waals surface area contributed by atoms with Gasteiger partial charge in [0.25, 0.3) is 5.95 Å². The molecule has 2 aromatic heterocycles. The first kappa shape index (κ1) is 15.3. The number of hydrogen-bond acceptors (Lipinski definition) is 5. The van der Waals surface area contributed by atoms with E-state index < -0.39 is 5.97 Å². The van der Waals surface area contributed by atoms with Crippen molar-refractivity contribution >= 4 is 5.97 Å². The van der Waals surface area contributed by atoms with Crippen molar-refractivity contribution in [2.24, 2.45) is 0 Å². The highest BCUT2D eigenvalue weighted by molar-refractivity contribution is 5.89. The van der Waals surface area contributed by atoms with E-state index in [-0.39, 0.29) is 11.5 Å². The fourth-order valence-electron chi connectivity index (χ4n) is 2.83. The Kier molecular flexibility index (Phi) is 3.68. The largest absolute Gasteiger partial charge is 0.497 e. The fraction of sp³-hybridized carbons (Fsp3) is 0.222. The van der Waals surface area contributed by atoms with Crippen LogP contribution < -0.4 is 4.74 Å². The van der Waals surface area contributed by atoms with Gasteiger partial charge in [0.15, 0.2) is 0 Å². The highest BCUT2D eigenvalue weighted by atomic mass is 16.5. The van der Waals surface area contributed by atoms with Crippen LogP contribution in [0, 0.1) is 0 Å². The number of rotatable bonds is 5. The van der Waals surface area contributed by atoms with E-state index in [1.165, 1.54) is 6.20 Å². The topological polar surface area (TPSA) is 90.1 Å². The zero-order chi connectivity index (χ0) is 17.4. The number of ether oxygens (including phenoxy) is 1. The first-order valence-corrected chi connectivity index (χ1v) is 7.96. The van der Waals surface area contributed by atoms with Crippen LogP contribution in [0.25, 0.3) is 17.2 Å². The van der Waals surface area contributed by atoms with Crippen LogP contribution in [0.4, 0.5) is 0 Å². The first-order chi connectivity index (χ1) is 12.2. The molecule has 1 aliphatic rings. The summed E-state index contributed by atoms with van der Waals surface area (Å²) in [4.78, 5) is 20.3. The second-order valence-electron chi connectivity index (χ2n) is 5.91. The number of benzene rings is 1. The molecule has 25 heavy (non-hydrogen) atoms. The van der Waals surface area contributed by atoms with Crippen molar-refractivity contribution in [1.82, 2.24) is 19.7 Å². The van der Waals surface area contributed by atoms with Gasteiger partial charge >= 0.3 is 5.97 Å². The van der Waals surface area contributed by atoms with Crippen LogP contribution in [0.5, 0.6) is 5.75 Å². The molecule has 0 bridgehead atoms. The number of nitrogens with zero attached hydrogens (tertiary/aromatic N) is 4. The highest BCUT2D eigenvalue weighted by Crippen LogP contribution is 2.42. The monoisotopic (exact) mass is 336 g/mol. The summed E-state index contributed by atoms with van der Waals surface area (Å²) in [5.41, 5.74) is 2.51. The SMILES string of the molecule is COc1cccc(-c2ccnc(-n3ncc(C(=O)O)c3C3CC3)n2)c1. The molecule has 0 atom stereocenters. The maximum absolute atomic E-state index is 11.4. The summed E-state index contributed by atoms with van der Waals surface area (Å²) < 4.78 is 6.80. The normalized spacial score (nSPS) is 13.6. The van der Waals surface area contributed by atoms with Crippen molar-refractivity contribution in [1.29, 1.82) is 0 Å². The van der Waals surface area contributed by atoms with E-state index in [0.717, 1.165) is 29.8 Å². The van der Waals surface area contributed by atoms with Crippen LogP contribution in [0.1, 0.15) is 34.8 Å². The Morgan fingerprint density at radius 1 is 1.32 bits per heavy atom. The molecule has 3 aromatic rings. The molecule has 0 amide bonds. The molecule has 7 nitrogen and oxygen atoms in total. The lowest BCUT2D eigenvalue weighted by Crippen LogP contribution is -2.09. The first-order valence-electron chi connectivity index (χ1n) is 7.96. The molecule has 126 valence electrons. The van der Waals surface area contributed by atoms with Crippen molar-refractivity contribution in [3.8, 4) is 23.0 Å². The summed E-state index contributed by atoms with van der Waals surface area (Å²) in [5.74, 6) is 0.341. The second-order valence-corrected chi connectivity index (χ2v) is 5.91. The molecule has 1 aromatic carbocycles. The van der Waals surface area contributed by atoms with Gasteiger partial charge in [0.2, 0.25) is 0 Å². The molecular formula is C18H16N4O3. The van der Waals surface area contributed by atoms with E-state index in [1.807, 2.05) is 24.3 Å². The molecule has 1 fully saturated rings. The zero-order valence-electron chi connectivity index (χ0n) is 13.6. The Labute approximate surface area is 143 Å². The number of carboxylic acids is 1. The van der Waals surface area contributed by atoms with Crippen LogP contribution in [-0.4, -0.2) is 37.9 Å². The van der Waals surface area contributed by atoms with Gasteiger partial charge in [0.1, 0.15) is 11.3 Å². The fourth-order valence-corrected chi connectivity index (χ4v) is 2.83. The third kappa shape index (κ3) is 2.84.